The summed E-state index contributed by atoms with van der Waals surface area (Å²) in [7, 11) is 0. The lowest BCUT2D eigenvalue weighted by molar-refractivity contribution is -0.119. The summed E-state index contributed by atoms with van der Waals surface area (Å²) < 4.78 is 5.27. The van der Waals surface area contributed by atoms with Crippen LogP contribution in [-0.4, -0.2) is 30.0 Å². The predicted molar refractivity (Wildman–Crippen MR) is 70.6 cm³/mol. The van der Waals surface area contributed by atoms with Gasteiger partial charge < -0.3 is 15.4 Å². The van der Waals surface area contributed by atoms with Crippen molar-refractivity contribution in [2.75, 3.05) is 13.1 Å². The first-order valence-electron chi connectivity index (χ1n) is 6.45. The van der Waals surface area contributed by atoms with Gasteiger partial charge in [0.25, 0.3) is 0 Å². The summed E-state index contributed by atoms with van der Waals surface area (Å²) in [5.74, 6) is 0.565. The molecule has 1 saturated heterocycles. The maximum Gasteiger partial charge on any atom is 0.415 e. The summed E-state index contributed by atoms with van der Waals surface area (Å²) in [5.41, 5.74) is 5.18. The van der Waals surface area contributed by atoms with Gasteiger partial charge in [-0.25, -0.2) is 4.79 Å². The van der Waals surface area contributed by atoms with Gasteiger partial charge in [0.1, 0.15) is 5.75 Å². The van der Waals surface area contributed by atoms with Gasteiger partial charge in [0.05, 0.1) is 0 Å². The van der Waals surface area contributed by atoms with Crippen molar-refractivity contribution in [2.24, 2.45) is 11.7 Å². The van der Waals surface area contributed by atoms with Crippen molar-refractivity contribution in [3.05, 3.63) is 30.3 Å². The lowest BCUT2D eigenvalue weighted by Gasteiger charge is -2.30. The molecule has 1 aromatic carbocycles. The van der Waals surface area contributed by atoms with E-state index in [1.165, 1.54) is 0 Å². The highest BCUT2D eigenvalue weighted by Gasteiger charge is 2.24. The standard InChI is InChI=1S/C14H18N2O3/c15-13(17)10-11-6-8-16(9-7-11)14(18)19-12-4-2-1-3-5-12/h1-5,11H,6-10H2,(H2,15,17). The number of carbonyl (C=O) groups is 2. The summed E-state index contributed by atoms with van der Waals surface area (Å²) in [5, 5.41) is 0. The molecule has 0 spiro atoms. The fraction of sp³-hybridized carbons (Fsp3) is 0.429. The van der Waals surface area contributed by atoms with Crippen molar-refractivity contribution in [1.29, 1.82) is 0 Å². The van der Waals surface area contributed by atoms with Gasteiger partial charge in [0.2, 0.25) is 5.91 Å². The van der Waals surface area contributed by atoms with Crippen LogP contribution in [0.1, 0.15) is 19.3 Å². The van der Waals surface area contributed by atoms with E-state index in [-0.39, 0.29) is 12.0 Å². The van der Waals surface area contributed by atoms with Gasteiger partial charge in [-0.2, -0.15) is 0 Å². The van der Waals surface area contributed by atoms with Crippen LogP contribution in [0.5, 0.6) is 5.75 Å². The summed E-state index contributed by atoms with van der Waals surface area (Å²) in [6, 6.07) is 9.01. The van der Waals surface area contributed by atoms with E-state index in [9.17, 15) is 9.59 Å². The largest absolute Gasteiger partial charge is 0.415 e. The number of nitrogens with two attached hydrogens (primary N) is 1. The molecule has 19 heavy (non-hydrogen) atoms. The Kier molecular flexibility index (Phi) is 4.39. The van der Waals surface area contributed by atoms with Crippen LogP contribution >= 0.6 is 0 Å². The van der Waals surface area contributed by atoms with Crippen molar-refractivity contribution < 1.29 is 14.3 Å². The van der Waals surface area contributed by atoms with Crippen LogP contribution in [0.2, 0.25) is 0 Å². The third-order valence-electron chi connectivity index (χ3n) is 3.31. The lowest BCUT2D eigenvalue weighted by Crippen LogP contribution is -2.40. The fourth-order valence-electron chi connectivity index (χ4n) is 2.26. The molecule has 1 aromatic rings. The lowest BCUT2D eigenvalue weighted by atomic mass is 9.93. The molecule has 1 aliphatic rings. The van der Waals surface area contributed by atoms with Gasteiger partial charge in [-0.3, -0.25) is 4.79 Å². The maximum absolute atomic E-state index is 11.9. The van der Waals surface area contributed by atoms with Crippen LogP contribution in [0, 0.1) is 5.92 Å². The molecule has 5 heteroatoms. The summed E-state index contributed by atoms with van der Waals surface area (Å²) in [4.78, 5) is 24.4. The first-order valence-corrected chi connectivity index (χ1v) is 6.45. The third kappa shape index (κ3) is 3.98. The Balaban J connectivity index is 1.81. The molecule has 1 aliphatic heterocycles. The fourth-order valence-corrected chi connectivity index (χ4v) is 2.26. The highest BCUT2D eigenvalue weighted by molar-refractivity contribution is 5.74. The van der Waals surface area contributed by atoms with Gasteiger partial charge in [-0.1, -0.05) is 18.2 Å². The SMILES string of the molecule is NC(=O)CC1CCN(C(=O)Oc2ccccc2)CC1. The van der Waals surface area contributed by atoms with Crippen molar-refractivity contribution in [1.82, 2.24) is 4.90 Å². The van der Waals surface area contributed by atoms with Gasteiger partial charge in [-0.15, -0.1) is 0 Å². The zero-order valence-corrected chi connectivity index (χ0v) is 10.7. The number of hydrogen-bond acceptors (Lipinski definition) is 3. The van der Waals surface area contributed by atoms with E-state index in [2.05, 4.69) is 0 Å². The Labute approximate surface area is 112 Å². The molecule has 2 rings (SSSR count). The molecule has 0 saturated carbocycles. The number of piperidine rings is 1. The molecule has 5 nitrogen and oxygen atoms in total. The van der Waals surface area contributed by atoms with Crippen LogP contribution in [0.3, 0.4) is 0 Å². The molecule has 0 unspecified atom stereocenters. The van der Waals surface area contributed by atoms with Gasteiger partial charge in [0.15, 0.2) is 0 Å². The van der Waals surface area contributed by atoms with Crippen molar-refractivity contribution >= 4 is 12.0 Å². The van der Waals surface area contributed by atoms with Crippen molar-refractivity contribution in [3.8, 4) is 5.75 Å². The first-order chi connectivity index (χ1) is 9.15. The highest BCUT2D eigenvalue weighted by Crippen LogP contribution is 2.21. The average Bonchev–Trinajstić information content (AvgIpc) is 2.40. The normalized spacial score (nSPS) is 16.1. The van der Waals surface area contributed by atoms with Gasteiger partial charge in [0, 0.05) is 19.5 Å². The van der Waals surface area contributed by atoms with E-state index in [1.807, 2.05) is 18.2 Å². The molecular weight excluding hydrogens is 244 g/mol. The molecule has 2 amide bonds. The second kappa shape index (κ2) is 6.22. The average molecular weight is 262 g/mol. The third-order valence-corrected chi connectivity index (χ3v) is 3.31. The second-order valence-electron chi connectivity index (χ2n) is 4.78. The van der Waals surface area contributed by atoms with Crippen LogP contribution in [0.25, 0.3) is 0 Å². The number of rotatable bonds is 3. The number of likely N-dealkylation sites (tertiary alicyclic amines) is 1. The smallest absolute Gasteiger partial charge is 0.410 e. The van der Waals surface area contributed by atoms with E-state index >= 15 is 0 Å². The van der Waals surface area contributed by atoms with Crippen LogP contribution in [-0.2, 0) is 4.79 Å². The maximum atomic E-state index is 11.9. The Morgan fingerprint density at radius 3 is 2.42 bits per heavy atom. The molecule has 102 valence electrons. The number of carbonyl (C=O) groups excluding carboxylic acids is 2. The quantitative estimate of drug-likeness (QED) is 0.902. The van der Waals surface area contributed by atoms with Crippen LogP contribution in [0.4, 0.5) is 4.79 Å². The number of primary amides is 1. The minimum Gasteiger partial charge on any atom is -0.410 e. The number of para-hydroxylation sites is 1. The predicted octanol–water partition coefficient (Wildman–Crippen LogP) is 1.77. The minimum absolute atomic E-state index is 0.273. The van der Waals surface area contributed by atoms with E-state index in [1.54, 1.807) is 17.0 Å². The monoisotopic (exact) mass is 262 g/mol. The number of amides is 2. The Bertz CT molecular complexity index is 439. The summed E-state index contributed by atoms with van der Waals surface area (Å²) in [6.07, 6.45) is 1.67. The van der Waals surface area contributed by atoms with E-state index in [0.717, 1.165) is 12.8 Å². The zero-order chi connectivity index (χ0) is 13.7. The molecule has 0 aromatic heterocycles. The molecule has 0 bridgehead atoms. The Morgan fingerprint density at radius 1 is 1.21 bits per heavy atom. The molecule has 2 N–H and O–H groups in total. The molecular formula is C14H18N2O3. The highest BCUT2D eigenvalue weighted by atomic mass is 16.6. The minimum atomic E-state index is -0.330. The summed E-state index contributed by atoms with van der Waals surface area (Å²) >= 11 is 0. The molecule has 0 aliphatic carbocycles. The molecule has 1 fully saturated rings. The van der Waals surface area contributed by atoms with Crippen molar-refractivity contribution in [3.63, 3.8) is 0 Å². The molecule has 1 heterocycles. The number of hydrogen-bond donors (Lipinski definition) is 1. The topological polar surface area (TPSA) is 72.6 Å². The van der Waals surface area contributed by atoms with E-state index in [4.69, 9.17) is 10.5 Å². The number of nitrogens with zero attached hydrogens (tertiary/aromatic N) is 1. The van der Waals surface area contributed by atoms with Crippen LogP contribution < -0.4 is 10.5 Å². The second-order valence-corrected chi connectivity index (χ2v) is 4.78. The van der Waals surface area contributed by atoms with E-state index in [0.29, 0.717) is 31.2 Å². The van der Waals surface area contributed by atoms with Crippen molar-refractivity contribution in [2.45, 2.75) is 19.3 Å². The first kappa shape index (κ1) is 13.4. The Hall–Kier alpha value is -2.04. The van der Waals surface area contributed by atoms with Gasteiger partial charge in [-0.05, 0) is 30.9 Å². The van der Waals surface area contributed by atoms with Crippen LogP contribution in [0.15, 0.2) is 30.3 Å². The molecule has 0 radical (unpaired) electrons. The van der Waals surface area contributed by atoms with Gasteiger partial charge >= 0.3 is 6.09 Å². The number of benzene rings is 1. The summed E-state index contributed by atoms with van der Waals surface area (Å²) in [6.45, 7) is 1.23. The van der Waals surface area contributed by atoms with E-state index < -0.39 is 0 Å². The zero-order valence-electron chi connectivity index (χ0n) is 10.7. The Morgan fingerprint density at radius 2 is 1.84 bits per heavy atom. The molecule has 0 atom stereocenters. The number of ether oxygens (including phenoxy) is 1.